The summed E-state index contributed by atoms with van der Waals surface area (Å²) in [6.45, 7) is 3.99. The molecule has 188 valence electrons. The van der Waals surface area contributed by atoms with Crippen molar-refractivity contribution in [2.24, 2.45) is 5.92 Å². The van der Waals surface area contributed by atoms with Crippen LogP contribution in [0.1, 0.15) is 54.4 Å². The number of piperidine rings is 1. The highest BCUT2D eigenvalue weighted by molar-refractivity contribution is 5.92. The van der Waals surface area contributed by atoms with E-state index in [1.807, 2.05) is 43.3 Å². The Balaban J connectivity index is 1.23. The number of carbonyl (C=O) groups is 1. The second-order valence-electron chi connectivity index (χ2n) is 11.6. The number of nitrogens with zero attached hydrogens (tertiary/aromatic N) is 1. The molecule has 2 aromatic rings. The molecule has 3 aliphatic carbocycles. The van der Waals surface area contributed by atoms with Gasteiger partial charge < -0.3 is 20.3 Å². The largest absolute Gasteiger partial charge is 0.504 e. The SMILES string of the molecule is Cc1ccccc1/C=C/C(=O)N[C@@H]1CC[C@@]2(O)[C@H]3Cc4ccc(O)c5c4[C@@]2(CCN3CC2CC2)[C@H]1O5. The Labute approximate surface area is 212 Å². The number of aromatic hydroxyl groups is 1. The van der Waals surface area contributed by atoms with E-state index in [9.17, 15) is 15.0 Å². The fourth-order valence-corrected chi connectivity index (χ4v) is 7.80. The van der Waals surface area contributed by atoms with Gasteiger partial charge in [-0.3, -0.25) is 9.69 Å². The van der Waals surface area contributed by atoms with Gasteiger partial charge in [-0.05, 0) is 86.7 Å². The quantitative estimate of drug-likeness (QED) is 0.564. The first-order valence-electron chi connectivity index (χ1n) is 13.4. The van der Waals surface area contributed by atoms with Gasteiger partial charge in [0, 0.05) is 24.2 Å². The second kappa shape index (κ2) is 7.83. The van der Waals surface area contributed by atoms with Crippen molar-refractivity contribution in [2.45, 2.75) is 74.7 Å². The molecule has 1 spiro atoms. The Morgan fingerprint density at radius 1 is 1.19 bits per heavy atom. The van der Waals surface area contributed by atoms with Crippen molar-refractivity contribution in [1.29, 1.82) is 0 Å². The Kier molecular flexibility index (Phi) is 4.87. The molecule has 5 aliphatic rings. The molecule has 6 nitrogen and oxygen atoms in total. The van der Waals surface area contributed by atoms with Crippen LogP contribution in [0.4, 0.5) is 0 Å². The molecule has 3 N–H and O–H groups in total. The van der Waals surface area contributed by atoms with Gasteiger partial charge in [-0.2, -0.15) is 0 Å². The number of aryl methyl sites for hydroxylation is 1. The van der Waals surface area contributed by atoms with Gasteiger partial charge in [-0.15, -0.1) is 0 Å². The van der Waals surface area contributed by atoms with Crippen LogP contribution in [-0.4, -0.2) is 57.9 Å². The minimum absolute atomic E-state index is 0.0403. The Hall–Kier alpha value is -2.83. The number of hydrogen-bond donors (Lipinski definition) is 3. The molecular weight excluding hydrogens is 452 g/mol. The van der Waals surface area contributed by atoms with Crippen molar-refractivity contribution >= 4 is 12.0 Å². The van der Waals surface area contributed by atoms with Gasteiger partial charge in [-0.1, -0.05) is 30.3 Å². The van der Waals surface area contributed by atoms with Crippen LogP contribution in [0.15, 0.2) is 42.5 Å². The lowest BCUT2D eigenvalue weighted by Crippen LogP contribution is -2.78. The lowest BCUT2D eigenvalue weighted by atomic mass is 9.48. The molecule has 2 bridgehead atoms. The normalized spacial score (nSPS) is 34.3. The molecule has 0 radical (unpaired) electrons. The molecule has 0 aromatic heterocycles. The van der Waals surface area contributed by atoms with Crippen molar-refractivity contribution < 1.29 is 19.7 Å². The summed E-state index contributed by atoms with van der Waals surface area (Å²) in [7, 11) is 0. The number of carbonyl (C=O) groups excluding carboxylic acids is 1. The molecule has 1 saturated heterocycles. The van der Waals surface area contributed by atoms with Crippen molar-refractivity contribution in [3.05, 3.63) is 64.7 Å². The number of amides is 1. The van der Waals surface area contributed by atoms with Gasteiger partial charge in [-0.25, -0.2) is 0 Å². The fourth-order valence-electron chi connectivity index (χ4n) is 7.80. The van der Waals surface area contributed by atoms with Crippen molar-refractivity contribution in [3.8, 4) is 11.5 Å². The van der Waals surface area contributed by atoms with E-state index >= 15 is 0 Å². The zero-order valence-electron chi connectivity index (χ0n) is 20.7. The van der Waals surface area contributed by atoms with Gasteiger partial charge >= 0.3 is 0 Å². The highest BCUT2D eigenvalue weighted by atomic mass is 16.5. The summed E-state index contributed by atoms with van der Waals surface area (Å²) in [5, 5.41) is 26.5. The Morgan fingerprint density at radius 2 is 2.03 bits per heavy atom. The molecule has 2 saturated carbocycles. The zero-order chi connectivity index (χ0) is 24.7. The third-order valence-corrected chi connectivity index (χ3v) is 9.69. The lowest BCUT2D eigenvalue weighted by Gasteiger charge is -2.64. The monoisotopic (exact) mass is 486 g/mol. The fraction of sp³-hybridized carbons (Fsp3) is 0.500. The average molecular weight is 487 g/mol. The van der Waals surface area contributed by atoms with Crippen LogP contribution in [-0.2, 0) is 16.6 Å². The van der Waals surface area contributed by atoms with E-state index in [4.69, 9.17) is 4.74 Å². The number of hydrogen-bond acceptors (Lipinski definition) is 5. The first-order valence-corrected chi connectivity index (χ1v) is 13.4. The van der Waals surface area contributed by atoms with Crippen molar-refractivity contribution in [3.63, 3.8) is 0 Å². The minimum atomic E-state index is -0.935. The first kappa shape index (κ1) is 22.4. The zero-order valence-corrected chi connectivity index (χ0v) is 20.7. The van der Waals surface area contributed by atoms with Crippen LogP contribution >= 0.6 is 0 Å². The minimum Gasteiger partial charge on any atom is -0.504 e. The van der Waals surface area contributed by atoms with Crippen LogP contribution in [0.5, 0.6) is 11.5 Å². The van der Waals surface area contributed by atoms with Crippen LogP contribution in [0.3, 0.4) is 0 Å². The molecule has 6 heteroatoms. The topological polar surface area (TPSA) is 82.0 Å². The first-order chi connectivity index (χ1) is 17.4. The molecule has 0 unspecified atom stereocenters. The number of phenolic OH excluding ortho intramolecular Hbond substituents is 1. The molecule has 2 aromatic carbocycles. The lowest BCUT2D eigenvalue weighted by molar-refractivity contribution is -0.192. The summed E-state index contributed by atoms with van der Waals surface area (Å²) in [5.74, 6) is 1.24. The highest BCUT2D eigenvalue weighted by Gasteiger charge is 2.73. The molecule has 5 atom stereocenters. The number of benzene rings is 2. The molecule has 36 heavy (non-hydrogen) atoms. The molecule has 3 fully saturated rings. The average Bonchev–Trinajstić information content (AvgIpc) is 3.60. The van der Waals surface area contributed by atoms with E-state index in [0.29, 0.717) is 18.6 Å². The smallest absolute Gasteiger partial charge is 0.244 e. The number of nitrogens with one attached hydrogen (secondary N) is 1. The predicted octanol–water partition coefficient (Wildman–Crippen LogP) is 3.46. The van der Waals surface area contributed by atoms with Crippen LogP contribution in [0.2, 0.25) is 0 Å². The summed E-state index contributed by atoms with van der Waals surface area (Å²) in [6.07, 6.45) is 8.42. The van der Waals surface area contributed by atoms with Gasteiger partial charge in [0.05, 0.1) is 17.1 Å². The number of likely N-dealkylation sites (tertiary alicyclic amines) is 1. The Bertz CT molecular complexity index is 1270. The number of phenols is 1. The molecular formula is C30H34N2O4. The van der Waals surface area contributed by atoms with Gasteiger partial charge in [0.2, 0.25) is 5.91 Å². The maximum atomic E-state index is 13.0. The molecule has 2 heterocycles. The maximum absolute atomic E-state index is 13.0. The van der Waals surface area contributed by atoms with E-state index in [2.05, 4.69) is 10.2 Å². The van der Waals surface area contributed by atoms with Crippen molar-refractivity contribution in [1.82, 2.24) is 10.2 Å². The Morgan fingerprint density at radius 3 is 2.83 bits per heavy atom. The second-order valence-corrected chi connectivity index (χ2v) is 11.6. The summed E-state index contributed by atoms with van der Waals surface area (Å²) >= 11 is 0. The third-order valence-electron chi connectivity index (χ3n) is 9.69. The standard InChI is InChI=1S/C30H34N2O4/c1-18-4-2-3-5-20(18)9-11-25(34)31-22-12-13-30(35)24-16-21-8-10-23(33)27-26(21)29(30,28(22)36-27)14-15-32(24)17-19-6-7-19/h2-5,8-11,19,22,24,28,33,35H,6-7,12-17H2,1H3,(H,31,34)/b11-9+/t22-,24-,28+,29+,30-/m1/s1. The summed E-state index contributed by atoms with van der Waals surface area (Å²) < 4.78 is 6.53. The van der Waals surface area contributed by atoms with Gasteiger partial charge in [0.15, 0.2) is 11.5 Å². The van der Waals surface area contributed by atoms with Crippen molar-refractivity contribution in [2.75, 3.05) is 13.1 Å². The third kappa shape index (κ3) is 3.07. The summed E-state index contributed by atoms with van der Waals surface area (Å²) in [6, 6.07) is 11.5. The maximum Gasteiger partial charge on any atom is 0.244 e. The van der Waals surface area contributed by atoms with Crippen LogP contribution in [0.25, 0.3) is 6.08 Å². The van der Waals surface area contributed by atoms with E-state index < -0.39 is 17.1 Å². The van der Waals surface area contributed by atoms with E-state index in [-0.39, 0.29) is 23.7 Å². The molecule has 2 aliphatic heterocycles. The summed E-state index contributed by atoms with van der Waals surface area (Å²) in [4.78, 5) is 15.6. The number of aliphatic hydroxyl groups is 1. The van der Waals surface area contributed by atoms with Gasteiger partial charge in [0.25, 0.3) is 0 Å². The van der Waals surface area contributed by atoms with E-state index in [1.165, 1.54) is 18.4 Å². The van der Waals surface area contributed by atoms with E-state index in [0.717, 1.165) is 48.5 Å². The van der Waals surface area contributed by atoms with Gasteiger partial charge in [0.1, 0.15) is 6.10 Å². The molecule has 1 amide bonds. The van der Waals surface area contributed by atoms with Crippen LogP contribution < -0.4 is 10.1 Å². The summed E-state index contributed by atoms with van der Waals surface area (Å²) in [5.41, 5.74) is 2.75. The van der Waals surface area contributed by atoms with E-state index in [1.54, 1.807) is 12.1 Å². The highest BCUT2D eigenvalue weighted by Crippen LogP contribution is 2.65. The number of rotatable bonds is 5. The predicted molar refractivity (Wildman–Crippen MR) is 137 cm³/mol. The number of ether oxygens (including phenoxy) is 1. The van der Waals surface area contributed by atoms with Crippen LogP contribution in [0, 0.1) is 12.8 Å². The molecule has 7 rings (SSSR count).